The Morgan fingerprint density at radius 3 is 2.36 bits per heavy atom. The molecule has 1 amide bonds. The summed E-state index contributed by atoms with van der Waals surface area (Å²) in [4.78, 5) is 22.9. The Labute approximate surface area is 225 Å². The molecule has 0 spiro atoms. The van der Waals surface area contributed by atoms with E-state index in [0.717, 1.165) is 29.5 Å². The van der Waals surface area contributed by atoms with Gasteiger partial charge in [0.15, 0.2) is 0 Å². The summed E-state index contributed by atoms with van der Waals surface area (Å²) in [6.07, 6.45) is 3.40. The smallest absolute Gasteiger partial charge is 0.481 e. The summed E-state index contributed by atoms with van der Waals surface area (Å²) in [7, 11) is 0. The second-order valence-corrected chi connectivity index (χ2v) is 9.86. The minimum atomic E-state index is -4.89. The summed E-state index contributed by atoms with van der Waals surface area (Å²) in [6, 6.07) is 16.2. The van der Waals surface area contributed by atoms with Crippen molar-refractivity contribution in [3.05, 3.63) is 89.5 Å². The highest BCUT2D eigenvalue weighted by atomic mass is 19.4. The van der Waals surface area contributed by atoms with Gasteiger partial charge >= 0.3 is 12.3 Å². The van der Waals surface area contributed by atoms with E-state index in [1.165, 1.54) is 6.08 Å². The highest BCUT2D eigenvalue weighted by Crippen LogP contribution is 2.43. The van der Waals surface area contributed by atoms with E-state index in [-0.39, 0.29) is 19.1 Å². The van der Waals surface area contributed by atoms with Crippen LogP contribution < -0.4 is 5.32 Å². The van der Waals surface area contributed by atoms with E-state index in [9.17, 15) is 22.8 Å². The summed E-state index contributed by atoms with van der Waals surface area (Å²) < 4.78 is 52.1. The van der Waals surface area contributed by atoms with E-state index in [1.54, 1.807) is 36.4 Å². The lowest BCUT2D eigenvalue weighted by molar-refractivity contribution is -0.417. The molecule has 0 radical (unpaired) electrons. The Kier molecular flexibility index (Phi) is 9.24. The Hall–Kier alpha value is -3.43. The molecular formula is C30H32F3NO5. The lowest BCUT2D eigenvalue weighted by Crippen LogP contribution is -2.48. The number of carbonyl (C=O) groups is 2. The molecule has 6 nitrogen and oxygen atoms in total. The van der Waals surface area contributed by atoms with Crippen molar-refractivity contribution in [3.8, 4) is 0 Å². The van der Waals surface area contributed by atoms with Gasteiger partial charge in [-0.25, -0.2) is 0 Å². The number of amides is 1. The van der Waals surface area contributed by atoms with Gasteiger partial charge in [-0.15, -0.1) is 13.2 Å². The fourth-order valence-corrected chi connectivity index (χ4v) is 5.06. The Morgan fingerprint density at radius 2 is 1.72 bits per heavy atom. The first-order chi connectivity index (χ1) is 18.6. The molecule has 0 saturated heterocycles. The molecule has 208 valence electrons. The lowest BCUT2D eigenvalue weighted by atomic mass is 9.83. The van der Waals surface area contributed by atoms with E-state index < -0.39 is 29.9 Å². The standard InChI is InChI=1S/C30H32F3NO5/c31-30(32,33)39-29(38-26-8-4-5-9-26)18-16-24(22-6-2-1-3-7-22)20-25(29)15-12-21-10-13-23(14-11-21)28(37)34-19-17-27(35)36/h1-3,6-7,10-11,13-14,16,18,20,25-26H,4-5,8-9,12,15,17,19H2,(H,34,37)(H,35,36). The van der Waals surface area contributed by atoms with Crippen molar-refractivity contribution < 1.29 is 37.3 Å². The van der Waals surface area contributed by atoms with Crippen molar-refractivity contribution in [1.82, 2.24) is 5.32 Å². The number of allylic oxidation sites excluding steroid dienone is 2. The molecule has 2 N–H and O–H groups in total. The predicted octanol–water partition coefficient (Wildman–Crippen LogP) is 6.29. The van der Waals surface area contributed by atoms with Crippen LogP contribution in [-0.2, 0) is 20.7 Å². The van der Waals surface area contributed by atoms with Crippen LogP contribution in [0, 0.1) is 5.92 Å². The topological polar surface area (TPSA) is 84.9 Å². The molecule has 2 aromatic carbocycles. The van der Waals surface area contributed by atoms with E-state index in [2.05, 4.69) is 5.32 Å². The molecule has 9 heteroatoms. The first-order valence-corrected chi connectivity index (χ1v) is 13.1. The number of halogens is 3. The molecule has 0 aliphatic heterocycles. The van der Waals surface area contributed by atoms with Crippen LogP contribution in [0.4, 0.5) is 13.2 Å². The average molecular weight is 544 g/mol. The van der Waals surface area contributed by atoms with Crippen LogP contribution in [0.3, 0.4) is 0 Å². The Bertz CT molecular complexity index is 1190. The third kappa shape index (κ3) is 8.03. The minimum absolute atomic E-state index is 0.0173. The zero-order chi connectivity index (χ0) is 27.9. The van der Waals surface area contributed by atoms with Gasteiger partial charge in [0.2, 0.25) is 5.79 Å². The summed E-state index contributed by atoms with van der Waals surface area (Å²) in [5, 5.41) is 11.3. The van der Waals surface area contributed by atoms with E-state index >= 15 is 0 Å². The average Bonchev–Trinajstić information content (AvgIpc) is 3.40. The lowest BCUT2D eigenvalue weighted by Gasteiger charge is -2.41. The number of carboxylic acid groups (broad SMARTS) is 1. The molecule has 1 saturated carbocycles. The molecule has 2 unspecified atom stereocenters. The summed E-state index contributed by atoms with van der Waals surface area (Å²) in [5.74, 6) is -4.09. The number of carboxylic acids is 1. The molecule has 2 aromatic rings. The molecule has 1 fully saturated rings. The van der Waals surface area contributed by atoms with Crippen LogP contribution in [0.25, 0.3) is 5.57 Å². The van der Waals surface area contributed by atoms with Crippen molar-refractivity contribution in [3.63, 3.8) is 0 Å². The molecular weight excluding hydrogens is 511 g/mol. The van der Waals surface area contributed by atoms with Crippen LogP contribution in [0.5, 0.6) is 0 Å². The fraction of sp³-hybridized carbons (Fsp3) is 0.400. The second-order valence-electron chi connectivity index (χ2n) is 9.86. The van der Waals surface area contributed by atoms with Crippen LogP contribution in [0.1, 0.15) is 60.0 Å². The number of aliphatic carboxylic acids is 1. The van der Waals surface area contributed by atoms with Gasteiger partial charge < -0.3 is 15.2 Å². The maximum atomic E-state index is 13.7. The third-order valence-electron chi connectivity index (χ3n) is 7.01. The first kappa shape index (κ1) is 28.6. The second kappa shape index (κ2) is 12.6. The van der Waals surface area contributed by atoms with Crippen LogP contribution in [0.2, 0.25) is 0 Å². The summed E-state index contributed by atoms with van der Waals surface area (Å²) in [6.45, 7) is 0.0173. The molecule has 4 rings (SSSR count). The molecule has 2 atom stereocenters. The van der Waals surface area contributed by atoms with Gasteiger partial charge in [0.1, 0.15) is 0 Å². The normalized spacial score (nSPS) is 21.5. The molecule has 0 heterocycles. The number of hydrogen-bond donors (Lipinski definition) is 2. The Balaban J connectivity index is 1.54. The van der Waals surface area contributed by atoms with E-state index in [4.69, 9.17) is 14.6 Å². The largest absolute Gasteiger partial charge is 0.525 e. The van der Waals surface area contributed by atoms with Gasteiger partial charge in [0.25, 0.3) is 5.91 Å². The monoisotopic (exact) mass is 543 g/mol. The maximum Gasteiger partial charge on any atom is 0.525 e. The third-order valence-corrected chi connectivity index (χ3v) is 7.01. The number of ether oxygens (including phenoxy) is 2. The molecule has 2 aliphatic carbocycles. The Morgan fingerprint density at radius 1 is 1.03 bits per heavy atom. The zero-order valence-corrected chi connectivity index (χ0v) is 21.5. The van der Waals surface area contributed by atoms with Crippen molar-refractivity contribution in [1.29, 1.82) is 0 Å². The highest BCUT2D eigenvalue weighted by Gasteiger charge is 2.50. The van der Waals surface area contributed by atoms with Crippen molar-refractivity contribution in [2.45, 2.75) is 63.2 Å². The number of hydrogen-bond acceptors (Lipinski definition) is 4. The van der Waals surface area contributed by atoms with Crippen molar-refractivity contribution in [2.75, 3.05) is 6.54 Å². The molecule has 39 heavy (non-hydrogen) atoms. The van der Waals surface area contributed by atoms with Crippen LogP contribution >= 0.6 is 0 Å². The number of benzene rings is 2. The maximum absolute atomic E-state index is 13.7. The van der Waals surface area contributed by atoms with Crippen molar-refractivity contribution in [2.24, 2.45) is 5.92 Å². The predicted molar refractivity (Wildman–Crippen MR) is 140 cm³/mol. The molecule has 0 aromatic heterocycles. The minimum Gasteiger partial charge on any atom is -0.481 e. The van der Waals surface area contributed by atoms with Gasteiger partial charge in [-0.05, 0) is 60.6 Å². The van der Waals surface area contributed by atoms with Crippen LogP contribution in [0.15, 0.2) is 72.8 Å². The van der Waals surface area contributed by atoms with E-state index in [1.807, 2.05) is 30.3 Å². The molecule has 2 aliphatic rings. The summed E-state index contributed by atoms with van der Waals surface area (Å²) >= 11 is 0. The first-order valence-electron chi connectivity index (χ1n) is 13.1. The van der Waals surface area contributed by atoms with Gasteiger partial charge in [-0.3, -0.25) is 14.3 Å². The number of nitrogens with one attached hydrogen (secondary N) is 1. The number of aryl methyl sites for hydroxylation is 1. The fourth-order valence-electron chi connectivity index (χ4n) is 5.06. The van der Waals surface area contributed by atoms with Gasteiger partial charge in [0, 0.05) is 18.0 Å². The molecule has 0 bridgehead atoms. The van der Waals surface area contributed by atoms with Crippen molar-refractivity contribution >= 4 is 17.4 Å². The number of alkyl halides is 3. The highest BCUT2D eigenvalue weighted by molar-refractivity contribution is 5.94. The SMILES string of the molecule is O=C(O)CCNC(=O)c1ccc(CCC2C=C(c3ccccc3)C=CC2(OC2CCCC2)OC(F)(F)F)cc1. The number of carbonyl (C=O) groups excluding carboxylic acids is 1. The summed E-state index contributed by atoms with van der Waals surface area (Å²) in [5.41, 5.74) is 2.89. The quantitative estimate of drug-likeness (QED) is 0.326. The van der Waals surface area contributed by atoms with Gasteiger partial charge in [-0.2, -0.15) is 0 Å². The van der Waals surface area contributed by atoms with Crippen LogP contribution in [-0.4, -0.2) is 41.8 Å². The number of rotatable bonds is 11. The zero-order valence-electron chi connectivity index (χ0n) is 21.5. The van der Waals surface area contributed by atoms with Gasteiger partial charge in [0.05, 0.1) is 12.5 Å². The van der Waals surface area contributed by atoms with Gasteiger partial charge in [-0.1, -0.05) is 67.5 Å². The van der Waals surface area contributed by atoms with E-state index in [0.29, 0.717) is 31.2 Å².